The summed E-state index contributed by atoms with van der Waals surface area (Å²) in [6.07, 6.45) is 1.70. The van der Waals surface area contributed by atoms with E-state index >= 15 is 0 Å². The van der Waals surface area contributed by atoms with E-state index in [0.29, 0.717) is 0 Å². The first-order valence-corrected chi connectivity index (χ1v) is 7.74. The van der Waals surface area contributed by atoms with Crippen molar-refractivity contribution < 1.29 is 15.0 Å². The Bertz CT molecular complexity index is 903. The Morgan fingerprint density at radius 2 is 1.87 bits per heavy atom. The summed E-state index contributed by atoms with van der Waals surface area (Å²) in [5.74, 6) is -1.40. The first kappa shape index (κ1) is 15.2. The number of aromatic carboxylic acids is 1. The van der Waals surface area contributed by atoms with Gasteiger partial charge in [-0.25, -0.2) is 9.78 Å². The number of rotatable bonds is 3. The first-order valence-electron chi connectivity index (χ1n) is 6.93. The summed E-state index contributed by atoms with van der Waals surface area (Å²) in [5.41, 5.74) is 3.22. The van der Waals surface area contributed by atoms with Crippen molar-refractivity contribution in [3.8, 4) is 27.4 Å². The summed E-state index contributed by atoms with van der Waals surface area (Å²) < 4.78 is 0. The fraction of sp³-hybridized carbons (Fsp3) is 0.118. The molecule has 0 saturated heterocycles. The molecule has 3 aromatic rings. The normalized spacial score (nSPS) is 10.7. The van der Waals surface area contributed by atoms with Gasteiger partial charge in [0.05, 0.1) is 21.3 Å². The van der Waals surface area contributed by atoms with Crippen LogP contribution in [-0.4, -0.2) is 26.2 Å². The molecule has 116 valence electrons. The average molecular weight is 326 g/mol. The average Bonchev–Trinajstić information content (AvgIpc) is 2.85. The van der Waals surface area contributed by atoms with Crippen LogP contribution in [0.5, 0.6) is 5.75 Å². The van der Waals surface area contributed by atoms with Crippen LogP contribution < -0.4 is 0 Å². The van der Waals surface area contributed by atoms with Crippen LogP contribution in [0, 0.1) is 13.8 Å². The summed E-state index contributed by atoms with van der Waals surface area (Å²) in [4.78, 5) is 20.8. The highest BCUT2D eigenvalue weighted by Gasteiger charge is 2.13. The molecule has 2 heterocycles. The predicted molar refractivity (Wildman–Crippen MR) is 88.9 cm³/mol. The molecule has 5 nitrogen and oxygen atoms in total. The zero-order chi connectivity index (χ0) is 16.6. The molecule has 0 atom stereocenters. The fourth-order valence-corrected chi connectivity index (χ4v) is 3.28. The molecule has 0 bridgehead atoms. The van der Waals surface area contributed by atoms with E-state index in [1.807, 2.05) is 26.0 Å². The zero-order valence-corrected chi connectivity index (χ0v) is 13.4. The first-order chi connectivity index (χ1) is 11.0. The molecule has 0 aliphatic carbocycles. The number of pyridine rings is 1. The molecule has 6 heteroatoms. The molecule has 3 rings (SSSR count). The number of carboxylic acids is 1. The van der Waals surface area contributed by atoms with Crippen LogP contribution in [0.3, 0.4) is 0 Å². The molecular formula is C17H14N2O3S. The minimum absolute atomic E-state index is 0.114. The highest BCUT2D eigenvalue weighted by molar-refractivity contribution is 7.15. The number of thiazole rings is 1. The van der Waals surface area contributed by atoms with E-state index in [0.717, 1.165) is 32.4 Å². The number of aromatic nitrogens is 2. The predicted octanol–water partition coefficient (Wildman–Crippen LogP) is 3.89. The van der Waals surface area contributed by atoms with Gasteiger partial charge in [-0.1, -0.05) is 6.07 Å². The van der Waals surface area contributed by atoms with Crippen molar-refractivity contribution in [2.24, 2.45) is 0 Å². The van der Waals surface area contributed by atoms with Gasteiger partial charge in [0, 0.05) is 6.20 Å². The lowest BCUT2D eigenvalue weighted by Gasteiger charge is -2.06. The van der Waals surface area contributed by atoms with Crippen LogP contribution >= 0.6 is 11.3 Å². The largest absolute Gasteiger partial charge is 0.507 e. The van der Waals surface area contributed by atoms with Gasteiger partial charge < -0.3 is 10.2 Å². The van der Waals surface area contributed by atoms with E-state index in [2.05, 4.69) is 9.97 Å². The number of benzene rings is 1. The van der Waals surface area contributed by atoms with Gasteiger partial charge in [0.2, 0.25) is 0 Å². The lowest BCUT2D eigenvalue weighted by atomic mass is 10.0. The maximum absolute atomic E-state index is 11.0. The third-order valence-electron chi connectivity index (χ3n) is 3.46. The number of carboxylic acid groups (broad SMARTS) is 1. The Kier molecular flexibility index (Phi) is 3.83. The molecule has 0 spiro atoms. The smallest absolute Gasteiger partial charge is 0.339 e. The number of hydrogen-bond acceptors (Lipinski definition) is 5. The van der Waals surface area contributed by atoms with Gasteiger partial charge in [0.25, 0.3) is 0 Å². The van der Waals surface area contributed by atoms with Crippen LogP contribution in [0.15, 0.2) is 36.5 Å². The second-order valence-corrected chi connectivity index (χ2v) is 6.32. The number of phenols is 1. The topological polar surface area (TPSA) is 83.3 Å². The highest BCUT2D eigenvalue weighted by atomic mass is 32.1. The summed E-state index contributed by atoms with van der Waals surface area (Å²) in [5, 5.41) is 19.8. The van der Waals surface area contributed by atoms with Crippen LogP contribution in [0.25, 0.3) is 21.7 Å². The maximum atomic E-state index is 11.0. The molecule has 2 N–H and O–H groups in total. The number of aryl methyl sites for hydroxylation is 2. The summed E-state index contributed by atoms with van der Waals surface area (Å²) >= 11 is 1.58. The lowest BCUT2D eigenvalue weighted by molar-refractivity contribution is 0.0694. The number of aromatic hydroxyl groups is 1. The SMILES string of the molecule is Cc1nc(C)c(-c2cc(-c3ccc(C(=O)O)c(O)c3)ccn2)s1. The van der Waals surface area contributed by atoms with Crippen LogP contribution in [0.1, 0.15) is 21.1 Å². The van der Waals surface area contributed by atoms with Crippen molar-refractivity contribution in [2.75, 3.05) is 0 Å². The Morgan fingerprint density at radius 1 is 1.13 bits per heavy atom. The third-order valence-corrected chi connectivity index (χ3v) is 4.55. The van der Waals surface area contributed by atoms with Crippen molar-refractivity contribution in [1.82, 2.24) is 9.97 Å². The van der Waals surface area contributed by atoms with Crippen molar-refractivity contribution >= 4 is 17.3 Å². The van der Waals surface area contributed by atoms with Crippen LogP contribution in [-0.2, 0) is 0 Å². The highest BCUT2D eigenvalue weighted by Crippen LogP contribution is 2.32. The van der Waals surface area contributed by atoms with Gasteiger partial charge in [-0.15, -0.1) is 11.3 Å². The number of carbonyl (C=O) groups is 1. The van der Waals surface area contributed by atoms with Crippen LogP contribution in [0.2, 0.25) is 0 Å². The second-order valence-electron chi connectivity index (χ2n) is 5.11. The maximum Gasteiger partial charge on any atom is 0.339 e. The van der Waals surface area contributed by atoms with Crippen molar-refractivity contribution in [1.29, 1.82) is 0 Å². The fourth-order valence-electron chi connectivity index (χ4n) is 2.40. The van der Waals surface area contributed by atoms with Crippen molar-refractivity contribution in [3.63, 3.8) is 0 Å². The summed E-state index contributed by atoms with van der Waals surface area (Å²) in [6, 6.07) is 8.26. The van der Waals surface area contributed by atoms with Crippen molar-refractivity contribution in [3.05, 3.63) is 52.8 Å². The van der Waals surface area contributed by atoms with Gasteiger partial charge in [0.15, 0.2) is 0 Å². The molecule has 0 aliphatic heterocycles. The molecule has 0 aliphatic rings. The van der Waals surface area contributed by atoms with Gasteiger partial charge in [-0.3, -0.25) is 4.98 Å². The molecular weight excluding hydrogens is 312 g/mol. The van der Waals surface area contributed by atoms with Gasteiger partial charge in [0.1, 0.15) is 11.3 Å². The molecule has 2 aromatic heterocycles. The zero-order valence-electron chi connectivity index (χ0n) is 12.6. The molecule has 0 amide bonds. The minimum atomic E-state index is -1.15. The Labute approximate surface area is 136 Å². The molecule has 1 aromatic carbocycles. The van der Waals surface area contributed by atoms with Crippen molar-refractivity contribution in [2.45, 2.75) is 13.8 Å². The summed E-state index contributed by atoms with van der Waals surface area (Å²) in [7, 11) is 0. The molecule has 23 heavy (non-hydrogen) atoms. The Hall–Kier alpha value is -2.73. The van der Waals surface area contributed by atoms with E-state index in [4.69, 9.17) is 5.11 Å². The Morgan fingerprint density at radius 3 is 2.48 bits per heavy atom. The molecule has 0 saturated carbocycles. The van der Waals surface area contributed by atoms with E-state index < -0.39 is 5.97 Å². The number of hydrogen-bond donors (Lipinski definition) is 2. The second kappa shape index (κ2) is 5.81. The van der Waals surface area contributed by atoms with Gasteiger partial charge in [-0.05, 0) is 49.2 Å². The van der Waals surface area contributed by atoms with E-state index in [-0.39, 0.29) is 11.3 Å². The Balaban J connectivity index is 2.05. The van der Waals surface area contributed by atoms with Crippen LogP contribution in [0.4, 0.5) is 0 Å². The van der Waals surface area contributed by atoms with E-state index in [1.165, 1.54) is 12.1 Å². The molecule has 0 fully saturated rings. The van der Waals surface area contributed by atoms with Gasteiger partial charge >= 0.3 is 5.97 Å². The molecule has 0 unspecified atom stereocenters. The quantitative estimate of drug-likeness (QED) is 0.763. The summed E-state index contributed by atoms with van der Waals surface area (Å²) in [6.45, 7) is 3.90. The molecule has 0 radical (unpaired) electrons. The number of nitrogens with zero attached hydrogens (tertiary/aromatic N) is 2. The van der Waals surface area contributed by atoms with E-state index in [9.17, 15) is 9.90 Å². The van der Waals surface area contributed by atoms with E-state index in [1.54, 1.807) is 23.6 Å². The lowest BCUT2D eigenvalue weighted by Crippen LogP contribution is -1.96. The standard InChI is InChI=1S/C17H14N2O3S/c1-9-16(23-10(2)19-9)14-7-12(5-6-18-14)11-3-4-13(17(21)22)15(20)8-11/h3-8,20H,1-2H3,(H,21,22). The monoisotopic (exact) mass is 326 g/mol. The van der Waals surface area contributed by atoms with Gasteiger partial charge in [-0.2, -0.15) is 0 Å². The third kappa shape index (κ3) is 2.93. The minimum Gasteiger partial charge on any atom is -0.507 e.